The fraction of sp³-hybridized carbons (Fsp3) is 0.600. The summed E-state index contributed by atoms with van der Waals surface area (Å²) in [5.74, 6) is -1.85. The predicted octanol–water partition coefficient (Wildman–Crippen LogP) is 0.140. The second kappa shape index (κ2) is 11.4. The lowest BCUT2D eigenvalue weighted by atomic mass is 10.8. The number of ether oxygens (including phenoxy) is 4. The lowest BCUT2D eigenvalue weighted by Gasteiger charge is -1.99. The van der Waals surface area contributed by atoms with E-state index in [0.29, 0.717) is 0 Å². The molecule has 0 radical (unpaired) electrons. The first kappa shape index (κ1) is 18.3. The number of hydrogen-bond donors (Lipinski definition) is 0. The van der Waals surface area contributed by atoms with E-state index in [1.54, 1.807) is 0 Å². The van der Waals surface area contributed by atoms with Crippen LogP contribution in [0.2, 0.25) is 0 Å². The van der Waals surface area contributed by atoms with Crippen molar-refractivity contribution in [2.45, 2.75) is 27.7 Å². The first-order valence-electron chi connectivity index (χ1n) is 4.79. The Hall–Kier alpha value is -2.12. The first-order valence-corrected chi connectivity index (χ1v) is 4.79. The maximum absolute atomic E-state index is 10.0. The summed E-state index contributed by atoms with van der Waals surface area (Å²) in [7, 11) is 0. The van der Waals surface area contributed by atoms with Crippen LogP contribution in [0.4, 0.5) is 0 Å². The molecule has 0 unspecified atom stereocenters. The van der Waals surface area contributed by atoms with Gasteiger partial charge in [0.1, 0.15) is 0 Å². The molecule has 0 amide bonds. The van der Waals surface area contributed by atoms with Crippen LogP contribution in [0.15, 0.2) is 0 Å². The number of carbonyl (C=O) groups is 4. The van der Waals surface area contributed by atoms with Crippen LogP contribution in [-0.2, 0) is 38.1 Å². The second-order valence-electron chi connectivity index (χ2n) is 2.78. The van der Waals surface area contributed by atoms with E-state index in [1.807, 2.05) is 0 Å². The van der Waals surface area contributed by atoms with Crippen molar-refractivity contribution in [2.24, 2.45) is 0 Å². The fourth-order valence-corrected chi connectivity index (χ4v) is 0.391. The van der Waals surface area contributed by atoms with Gasteiger partial charge in [0.2, 0.25) is 13.6 Å². The van der Waals surface area contributed by atoms with Crippen molar-refractivity contribution in [1.82, 2.24) is 0 Å². The molecule has 104 valence electrons. The molecule has 0 aromatic carbocycles. The molecular formula is C10H16O8. The smallest absolute Gasteiger partial charge is 0.305 e. The Kier molecular flexibility index (Phi) is 11.5. The first-order chi connectivity index (χ1) is 8.25. The predicted molar refractivity (Wildman–Crippen MR) is 56.8 cm³/mol. The topological polar surface area (TPSA) is 105 Å². The molecule has 0 aliphatic carbocycles. The number of carbonyl (C=O) groups excluding carboxylic acids is 4. The fourth-order valence-electron chi connectivity index (χ4n) is 0.391. The second-order valence-corrected chi connectivity index (χ2v) is 2.78. The molecule has 0 fully saturated rings. The van der Waals surface area contributed by atoms with Crippen LogP contribution in [0.1, 0.15) is 27.7 Å². The maximum Gasteiger partial charge on any atom is 0.305 e. The van der Waals surface area contributed by atoms with Crippen molar-refractivity contribution in [3.05, 3.63) is 0 Å². The average Bonchev–Trinajstić information content (AvgIpc) is 2.15. The molecule has 0 aromatic rings. The summed E-state index contributed by atoms with van der Waals surface area (Å²) in [6.45, 7) is 4.38. The van der Waals surface area contributed by atoms with Gasteiger partial charge < -0.3 is 18.9 Å². The van der Waals surface area contributed by atoms with E-state index in [-0.39, 0.29) is 13.6 Å². The van der Waals surface area contributed by atoms with Gasteiger partial charge in [-0.2, -0.15) is 0 Å². The molecule has 8 nitrogen and oxygen atoms in total. The molecule has 0 aliphatic rings. The van der Waals surface area contributed by atoms with Gasteiger partial charge in [-0.25, -0.2) is 0 Å². The molecule has 0 atom stereocenters. The van der Waals surface area contributed by atoms with Crippen LogP contribution in [0.25, 0.3) is 0 Å². The van der Waals surface area contributed by atoms with Gasteiger partial charge in [-0.1, -0.05) is 0 Å². The highest BCUT2D eigenvalue weighted by molar-refractivity contribution is 5.68. The Morgan fingerprint density at radius 2 is 0.722 bits per heavy atom. The van der Waals surface area contributed by atoms with E-state index in [0.717, 1.165) is 0 Å². The number of rotatable bonds is 4. The summed E-state index contributed by atoms with van der Waals surface area (Å²) in [4.78, 5) is 40.0. The van der Waals surface area contributed by atoms with Crippen LogP contribution in [-0.4, -0.2) is 37.5 Å². The lowest BCUT2D eigenvalue weighted by molar-refractivity contribution is -0.165. The minimum atomic E-state index is -0.462. The van der Waals surface area contributed by atoms with Crippen molar-refractivity contribution in [1.29, 1.82) is 0 Å². The molecule has 0 N–H and O–H groups in total. The van der Waals surface area contributed by atoms with Gasteiger partial charge in [-0.15, -0.1) is 0 Å². The zero-order valence-corrected chi connectivity index (χ0v) is 10.7. The molecule has 0 spiro atoms. The van der Waals surface area contributed by atoms with Crippen molar-refractivity contribution in [2.75, 3.05) is 13.6 Å². The number of esters is 4. The zero-order chi connectivity index (χ0) is 14.6. The van der Waals surface area contributed by atoms with E-state index in [4.69, 9.17) is 0 Å². The van der Waals surface area contributed by atoms with Gasteiger partial charge in [-0.05, 0) is 0 Å². The molecule has 0 aliphatic heterocycles. The summed E-state index contributed by atoms with van der Waals surface area (Å²) in [5.41, 5.74) is 0. The van der Waals surface area contributed by atoms with Gasteiger partial charge >= 0.3 is 23.9 Å². The van der Waals surface area contributed by atoms with Crippen LogP contribution in [0.3, 0.4) is 0 Å². The maximum atomic E-state index is 10.0. The zero-order valence-electron chi connectivity index (χ0n) is 10.7. The largest absolute Gasteiger partial charge is 0.428 e. The molecular weight excluding hydrogens is 248 g/mol. The summed E-state index contributed by atoms with van der Waals surface area (Å²) in [6, 6.07) is 0. The molecule has 0 saturated heterocycles. The molecule has 0 saturated carbocycles. The van der Waals surface area contributed by atoms with Gasteiger partial charge in [0.05, 0.1) is 0 Å². The highest BCUT2D eigenvalue weighted by atomic mass is 16.7. The lowest BCUT2D eigenvalue weighted by Crippen LogP contribution is -2.07. The minimum Gasteiger partial charge on any atom is -0.428 e. The van der Waals surface area contributed by atoms with Gasteiger partial charge in [-0.3, -0.25) is 19.2 Å². The Morgan fingerprint density at radius 1 is 0.556 bits per heavy atom. The Labute approximate surface area is 104 Å². The summed E-state index contributed by atoms with van der Waals surface area (Å²) >= 11 is 0. The molecule has 0 bridgehead atoms. The molecule has 0 rings (SSSR count). The summed E-state index contributed by atoms with van der Waals surface area (Å²) < 4.78 is 17.1. The highest BCUT2D eigenvalue weighted by Gasteiger charge is 1.94. The molecule has 0 heterocycles. The Bertz CT molecular complexity index is 238. The minimum absolute atomic E-state index is 0.287. The number of hydrogen-bond acceptors (Lipinski definition) is 8. The Morgan fingerprint density at radius 3 is 0.833 bits per heavy atom. The third-order valence-electron chi connectivity index (χ3n) is 1.05. The summed E-state index contributed by atoms with van der Waals surface area (Å²) in [5, 5.41) is 0. The standard InChI is InChI=1S/2C5H8O4/c2*1-4(6)8-3-9-5(2)7/h2*3H2,1-2H3. The van der Waals surface area contributed by atoms with Gasteiger partial charge in [0, 0.05) is 27.7 Å². The summed E-state index contributed by atoms with van der Waals surface area (Å²) in [6.07, 6.45) is 0. The van der Waals surface area contributed by atoms with E-state index < -0.39 is 23.9 Å². The molecule has 0 aromatic heterocycles. The highest BCUT2D eigenvalue weighted by Crippen LogP contribution is 1.79. The molecule has 8 heteroatoms. The third kappa shape index (κ3) is 23.6. The van der Waals surface area contributed by atoms with E-state index >= 15 is 0 Å². The van der Waals surface area contributed by atoms with Crippen molar-refractivity contribution in [3.63, 3.8) is 0 Å². The van der Waals surface area contributed by atoms with E-state index in [2.05, 4.69) is 18.9 Å². The van der Waals surface area contributed by atoms with Crippen LogP contribution >= 0.6 is 0 Å². The monoisotopic (exact) mass is 264 g/mol. The van der Waals surface area contributed by atoms with E-state index in [9.17, 15) is 19.2 Å². The van der Waals surface area contributed by atoms with Crippen LogP contribution in [0, 0.1) is 0 Å². The normalized spacial score (nSPS) is 8.22. The van der Waals surface area contributed by atoms with Crippen molar-refractivity contribution in [3.8, 4) is 0 Å². The van der Waals surface area contributed by atoms with Gasteiger partial charge in [0.25, 0.3) is 0 Å². The Balaban J connectivity index is 0. The average molecular weight is 264 g/mol. The van der Waals surface area contributed by atoms with Crippen molar-refractivity contribution >= 4 is 23.9 Å². The molecule has 18 heavy (non-hydrogen) atoms. The van der Waals surface area contributed by atoms with Crippen molar-refractivity contribution < 1.29 is 38.1 Å². The quantitative estimate of drug-likeness (QED) is 0.521. The van der Waals surface area contributed by atoms with Gasteiger partial charge in [0.15, 0.2) is 0 Å². The third-order valence-corrected chi connectivity index (χ3v) is 1.05. The van der Waals surface area contributed by atoms with E-state index in [1.165, 1.54) is 27.7 Å². The SMILES string of the molecule is CC(=O)OCOC(C)=O.CC(=O)OCOC(C)=O. The van der Waals surface area contributed by atoms with Crippen LogP contribution in [0.5, 0.6) is 0 Å². The van der Waals surface area contributed by atoms with Crippen LogP contribution < -0.4 is 0 Å².